The van der Waals surface area contributed by atoms with Crippen molar-refractivity contribution in [1.82, 2.24) is 5.32 Å². The molecule has 1 aliphatic rings. The van der Waals surface area contributed by atoms with Gasteiger partial charge in [-0.1, -0.05) is 0 Å². The van der Waals surface area contributed by atoms with Gasteiger partial charge in [0.2, 0.25) is 5.91 Å². The van der Waals surface area contributed by atoms with E-state index in [9.17, 15) is 4.79 Å². The summed E-state index contributed by atoms with van der Waals surface area (Å²) in [5, 5.41) is 11.7. The first-order valence-corrected chi connectivity index (χ1v) is 4.02. The van der Waals surface area contributed by atoms with Gasteiger partial charge >= 0.3 is 0 Å². The highest BCUT2D eigenvalue weighted by molar-refractivity contribution is 5.85. The summed E-state index contributed by atoms with van der Waals surface area (Å²) in [5.74, 6) is 0.00926. The lowest BCUT2D eigenvalue weighted by molar-refractivity contribution is -0.128. The van der Waals surface area contributed by atoms with Gasteiger partial charge in [-0.05, 0) is 26.7 Å². The summed E-state index contributed by atoms with van der Waals surface area (Å²) in [7, 11) is 0. The third-order valence-corrected chi connectivity index (χ3v) is 2.06. The topological polar surface area (TPSA) is 49.3 Å². The second-order valence-corrected chi connectivity index (χ2v) is 3.57. The Morgan fingerprint density at radius 1 is 1.64 bits per heavy atom. The molecule has 0 atom stereocenters. The Morgan fingerprint density at radius 2 is 2.18 bits per heavy atom. The first-order valence-electron chi connectivity index (χ1n) is 4.02. The van der Waals surface area contributed by atoms with Crippen LogP contribution in [0.2, 0.25) is 0 Å². The van der Waals surface area contributed by atoms with Crippen LogP contribution in [0.25, 0.3) is 0 Å². The summed E-state index contributed by atoms with van der Waals surface area (Å²) in [5.41, 5.74) is -0.412. The van der Waals surface area contributed by atoms with Gasteiger partial charge in [-0.3, -0.25) is 4.79 Å². The number of hydrogen-bond donors (Lipinski definition) is 2. The van der Waals surface area contributed by atoms with Crippen molar-refractivity contribution in [2.45, 2.75) is 32.7 Å². The van der Waals surface area contributed by atoms with E-state index in [0.29, 0.717) is 0 Å². The molecule has 0 heterocycles. The minimum absolute atomic E-state index is 0.00838. The van der Waals surface area contributed by atoms with Gasteiger partial charge in [0.05, 0.1) is 12.0 Å². The van der Waals surface area contributed by atoms with Crippen molar-refractivity contribution < 1.29 is 9.90 Å². The minimum atomic E-state index is -0.412. The fraction of sp³-hybridized carbons (Fsp3) is 0.875. The number of aliphatic hydroxyl groups excluding tert-OH is 1. The molecule has 1 saturated carbocycles. The molecule has 0 spiro atoms. The molecule has 0 bridgehead atoms. The maximum absolute atomic E-state index is 11.3. The van der Waals surface area contributed by atoms with Crippen LogP contribution in [0.4, 0.5) is 0 Å². The molecule has 1 rings (SSSR count). The highest BCUT2D eigenvalue weighted by Crippen LogP contribution is 2.45. The molecule has 0 aromatic carbocycles. The third kappa shape index (κ3) is 1.71. The molecule has 0 saturated heterocycles. The van der Waals surface area contributed by atoms with Crippen LogP contribution in [-0.4, -0.2) is 23.7 Å². The average Bonchev–Trinajstić information content (AvgIpc) is 2.65. The normalized spacial score (nSPS) is 20.0. The Hall–Kier alpha value is -0.570. The van der Waals surface area contributed by atoms with Crippen LogP contribution in [0, 0.1) is 5.41 Å². The maximum atomic E-state index is 11.3. The van der Waals surface area contributed by atoms with Crippen LogP contribution in [0.5, 0.6) is 0 Å². The first kappa shape index (κ1) is 8.53. The van der Waals surface area contributed by atoms with Crippen LogP contribution in [0.15, 0.2) is 0 Å². The summed E-state index contributed by atoms with van der Waals surface area (Å²) >= 11 is 0. The van der Waals surface area contributed by atoms with E-state index in [-0.39, 0.29) is 18.6 Å². The van der Waals surface area contributed by atoms with Gasteiger partial charge in [0, 0.05) is 6.04 Å². The SMILES string of the molecule is CC(C)NC(=O)C1(CO)CC1. The lowest BCUT2D eigenvalue weighted by Crippen LogP contribution is -2.38. The molecule has 3 nitrogen and oxygen atoms in total. The highest BCUT2D eigenvalue weighted by Gasteiger charge is 2.49. The number of hydrogen-bond acceptors (Lipinski definition) is 2. The standard InChI is InChI=1S/C8H15NO2/c1-6(2)9-7(11)8(5-10)3-4-8/h6,10H,3-5H2,1-2H3,(H,9,11). The van der Waals surface area contributed by atoms with E-state index >= 15 is 0 Å². The monoisotopic (exact) mass is 157 g/mol. The number of rotatable bonds is 3. The van der Waals surface area contributed by atoms with Crippen LogP contribution >= 0.6 is 0 Å². The van der Waals surface area contributed by atoms with Gasteiger partial charge in [0.15, 0.2) is 0 Å². The molecule has 3 heteroatoms. The van der Waals surface area contributed by atoms with E-state index in [1.54, 1.807) is 0 Å². The molecule has 0 aromatic rings. The number of carbonyl (C=O) groups excluding carboxylic acids is 1. The molecule has 2 N–H and O–H groups in total. The second-order valence-electron chi connectivity index (χ2n) is 3.57. The third-order valence-electron chi connectivity index (χ3n) is 2.06. The smallest absolute Gasteiger partial charge is 0.228 e. The van der Waals surface area contributed by atoms with Crippen LogP contribution in [0.3, 0.4) is 0 Å². The molecule has 0 radical (unpaired) electrons. The van der Waals surface area contributed by atoms with Crippen LogP contribution in [0.1, 0.15) is 26.7 Å². The summed E-state index contributed by atoms with van der Waals surface area (Å²) in [6.07, 6.45) is 1.67. The number of nitrogens with one attached hydrogen (secondary N) is 1. The Balaban J connectivity index is 2.41. The zero-order valence-electron chi connectivity index (χ0n) is 7.05. The molecule has 1 amide bonds. The summed E-state index contributed by atoms with van der Waals surface area (Å²) in [6.45, 7) is 3.84. The summed E-state index contributed by atoms with van der Waals surface area (Å²) in [6, 6.07) is 0.173. The average molecular weight is 157 g/mol. The van der Waals surface area contributed by atoms with Crippen molar-refractivity contribution >= 4 is 5.91 Å². The molecular weight excluding hydrogens is 142 g/mol. The van der Waals surface area contributed by atoms with Crippen molar-refractivity contribution in [3.8, 4) is 0 Å². The Labute approximate surface area is 66.8 Å². The molecular formula is C8H15NO2. The van der Waals surface area contributed by atoms with Crippen molar-refractivity contribution in [2.24, 2.45) is 5.41 Å². The first-order chi connectivity index (χ1) is 5.10. The van der Waals surface area contributed by atoms with Crippen LogP contribution in [-0.2, 0) is 4.79 Å². The Bertz CT molecular complexity index is 161. The summed E-state index contributed by atoms with van der Waals surface area (Å²) in [4.78, 5) is 11.3. The fourth-order valence-electron chi connectivity index (χ4n) is 1.02. The van der Waals surface area contributed by atoms with E-state index in [1.807, 2.05) is 13.8 Å². The predicted molar refractivity (Wildman–Crippen MR) is 42.0 cm³/mol. The Morgan fingerprint density at radius 3 is 2.45 bits per heavy atom. The van der Waals surface area contributed by atoms with E-state index in [0.717, 1.165) is 12.8 Å². The fourth-order valence-corrected chi connectivity index (χ4v) is 1.02. The quantitative estimate of drug-likeness (QED) is 0.618. The molecule has 0 unspecified atom stereocenters. The number of aliphatic hydroxyl groups is 1. The maximum Gasteiger partial charge on any atom is 0.228 e. The van der Waals surface area contributed by atoms with Gasteiger partial charge in [0.25, 0.3) is 0 Å². The van der Waals surface area contributed by atoms with Crippen LogP contribution < -0.4 is 5.32 Å². The van der Waals surface area contributed by atoms with Gasteiger partial charge in [0.1, 0.15) is 0 Å². The lowest BCUT2D eigenvalue weighted by Gasteiger charge is -2.14. The second kappa shape index (κ2) is 2.81. The largest absolute Gasteiger partial charge is 0.395 e. The highest BCUT2D eigenvalue weighted by atomic mass is 16.3. The van der Waals surface area contributed by atoms with Gasteiger partial charge in [-0.15, -0.1) is 0 Å². The lowest BCUT2D eigenvalue weighted by atomic mass is 10.1. The molecule has 1 fully saturated rings. The van der Waals surface area contributed by atoms with Crippen molar-refractivity contribution in [3.05, 3.63) is 0 Å². The molecule has 0 aromatic heterocycles. The molecule has 11 heavy (non-hydrogen) atoms. The zero-order chi connectivity index (χ0) is 8.48. The predicted octanol–water partition coefficient (Wildman–Crippen LogP) is 0.283. The van der Waals surface area contributed by atoms with Crippen molar-refractivity contribution in [3.63, 3.8) is 0 Å². The molecule has 0 aliphatic heterocycles. The zero-order valence-corrected chi connectivity index (χ0v) is 7.05. The Kier molecular flexibility index (Phi) is 2.18. The van der Waals surface area contributed by atoms with Gasteiger partial charge < -0.3 is 10.4 Å². The molecule has 1 aliphatic carbocycles. The van der Waals surface area contributed by atoms with E-state index in [2.05, 4.69) is 5.32 Å². The summed E-state index contributed by atoms with van der Waals surface area (Å²) < 4.78 is 0. The van der Waals surface area contributed by atoms with Gasteiger partial charge in [-0.2, -0.15) is 0 Å². The van der Waals surface area contributed by atoms with Gasteiger partial charge in [-0.25, -0.2) is 0 Å². The van der Waals surface area contributed by atoms with E-state index in [4.69, 9.17) is 5.11 Å². The van der Waals surface area contributed by atoms with E-state index < -0.39 is 5.41 Å². The minimum Gasteiger partial charge on any atom is -0.395 e. The van der Waals surface area contributed by atoms with Crippen molar-refractivity contribution in [1.29, 1.82) is 0 Å². The van der Waals surface area contributed by atoms with Crippen molar-refractivity contribution in [2.75, 3.05) is 6.61 Å². The number of amides is 1. The molecule has 64 valence electrons. The van der Waals surface area contributed by atoms with E-state index in [1.165, 1.54) is 0 Å². The number of carbonyl (C=O) groups is 1.